The first kappa shape index (κ1) is 40.2. The number of ether oxygens (including phenoxy) is 2. The van der Waals surface area contributed by atoms with Crippen LogP contribution in [-0.4, -0.2) is 39.3 Å². The minimum atomic E-state index is -4.03. The van der Waals surface area contributed by atoms with Crippen molar-refractivity contribution in [1.29, 1.82) is 0 Å². The summed E-state index contributed by atoms with van der Waals surface area (Å²) in [6.07, 6.45) is -0.138. The Morgan fingerprint density at radius 3 is 1.97 bits per heavy atom. The molecule has 0 heterocycles. The maximum absolute atomic E-state index is 13.8. The average Bonchev–Trinajstić information content (AvgIpc) is 3.25. The molecule has 7 rings (SSSR count). The summed E-state index contributed by atoms with van der Waals surface area (Å²) in [5, 5.41) is 15.4. The second kappa shape index (κ2) is 19.4. The van der Waals surface area contributed by atoms with Gasteiger partial charge in [0.2, 0.25) is 5.66 Å². The normalized spacial score (nSPS) is 12.2. The van der Waals surface area contributed by atoms with E-state index in [1.807, 2.05) is 133 Å². The van der Waals surface area contributed by atoms with E-state index in [9.17, 15) is 18.1 Å². The molecule has 0 saturated carbocycles. The van der Waals surface area contributed by atoms with Crippen LogP contribution in [0.1, 0.15) is 27.9 Å². The number of anilines is 1. The quantitative estimate of drug-likeness (QED) is 0.0545. The van der Waals surface area contributed by atoms with Crippen molar-refractivity contribution in [2.24, 2.45) is 0 Å². The van der Waals surface area contributed by atoms with Crippen molar-refractivity contribution in [1.82, 2.24) is 5.32 Å². The second-order valence-electron chi connectivity index (χ2n) is 13.7. The highest BCUT2D eigenvalue weighted by molar-refractivity contribution is 7.93. The third-order valence-corrected chi connectivity index (χ3v) is 12.3. The molecule has 7 aromatic rings. The lowest BCUT2D eigenvalue weighted by atomic mass is 10.0. The van der Waals surface area contributed by atoms with Gasteiger partial charge >= 0.3 is 8.03 Å². The Kier molecular flexibility index (Phi) is 13.4. The Balaban J connectivity index is 0.923. The second-order valence-corrected chi connectivity index (χ2v) is 16.6. The maximum Gasteiger partial charge on any atom is 0.569 e. The Labute approximate surface area is 340 Å². The van der Waals surface area contributed by atoms with Crippen molar-refractivity contribution in [3.63, 3.8) is 0 Å². The molecule has 0 radical (unpaired) electrons. The molecule has 0 spiro atoms. The zero-order valence-electron chi connectivity index (χ0n) is 31.7. The van der Waals surface area contributed by atoms with Crippen LogP contribution in [0.4, 0.5) is 5.69 Å². The van der Waals surface area contributed by atoms with Crippen LogP contribution in [0.15, 0.2) is 181 Å². The molecule has 58 heavy (non-hydrogen) atoms. The first-order chi connectivity index (χ1) is 28.3. The lowest BCUT2D eigenvalue weighted by Crippen LogP contribution is -2.32. The van der Waals surface area contributed by atoms with Crippen molar-refractivity contribution >= 4 is 34.5 Å². The molecule has 0 aliphatic heterocycles. The molecule has 3 N–H and O–H groups in total. The molecule has 294 valence electrons. The van der Waals surface area contributed by atoms with E-state index in [2.05, 4.69) is 10.0 Å². The van der Waals surface area contributed by atoms with Crippen molar-refractivity contribution in [2.45, 2.75) is 29.7 Å². The van der Waals surface area contributed by atoms with Gasteiger partial charge in [0.05, 0.1) is 10.6 Å². The van der Waals surface area contributed by atoms with Gasteiger partial charge in [-0.15, -0.1) is 0 Å². The average molecular weight is 812 g/mol. The van der Waals surface area contributed by atoms with E-state index in [1.54, 1.807) is 42.5 Å². The Morgan fingerprint density at radius 2 is 1.26 bits per heavy atom. The number of rotatable bonds is 19. The summed E-state index contributed by atoms with van der Waals surface area (Å²) in [5.41, 5.74) is 3.65. The fraction of sp³-hybridized carbons (Fsp3) is 0.149. The molecule has 1 unspecified atom stereocenters. The molecule has 0 aliphatic carbocycles. The predicted molar refractivity (Wildman–Crippen MR) is 229 cm³/mol. The first-order valence-electron chi connectivity index (χ1n) is 19.0. The zero-order chi connectivity index (χ0) is 40.2. The van der Waals surface area contributed by atoms with E-state index in [0.717, 1.165) is 27.6 Å². The van der Waals surface area contributed by atoms with Gasteiger partial charge in [-0.25, -0.2) is 8.42 Å². The standard InChI is InChI=1S/C47H44N2O7PS/c50-40(32-48-30-29-35-23-25-41(26-24-35)56-57(51)47(38-16-6-2-7-17-38)39-18-8-3-9-19-39)34-54-42-27-28-45(55-33-36-13-4-1-5-14-36)44(31-42)49-58(52,53)46-22-12-20-37-15-10-11-21-43(37)46/h1-28,31,40,47-50H,29-30,32-34H2/q+1/t40-/m0/s1. The van der Waals surface area contributed by atoms with Crippen molar-refractivity contribution in [3.05, 3.63) is 198 Å². The third-order valence-electron chi connectivity index (χ3n) is 9.44. The third kappa shape index (κ3) is 10.7. The number of aliphatic hydroxyl groups excluding tert-OH is 1. The zero-order valence-corrected chi connectivity index (χ0v) is 33.4. The van der Waals surface area contributed by atoms with Gasteiger partial charge in [0.1, 0.15) is 30.8 Å². The van der Waals surface area contributed by atoms with Crippen LogP contribution >= 0.6 is 8.03 Å². The predicted octanol–water partition coefficient (Wildman–Crippen LogP) is 9.70. The maximum atomic E-state index is 13.8. The van der Waals surface area contributed by atoms with E-state index in [0.29, 0.717) is 35.6 Å². The Hall–Kier alpha value is -6.03. The molecule has 0 saturated heterocycles. The molecular weight excluding hydrogens is 768 g/mol. The Bertz CT molecular complexity index is 2480. The molecule has 9 nitrogen and oxygen atoms in total. The van der Waals surface area contributed by atoms with E-state index < -0.39 is 29.8 Å². The fourth-order valence-electron chi connectivity index (χ4n) is 6.50. The highest BCUT2D eigenvalue weighted by Gasteiger charge is 2.37. The van der Waals surface area contributed by atoms with Crippen molar-refractivity contribution in [3.8, 4) is 17.2 Å². The molecular formula is C47H44N2O7PS+. The van der Waals surface area contributed by atoms with Gasteiger partial charge in [-0.3, -0.25) is 9.25 Å². The molecule has 0 aromatic heterocycles. The van der Waals surface area contributed by atoms with E-state index >= 15 is 0 Å². The minimum Gasteiger partial charge on any atom is -0.491 e. The summed E-state index contributed by atoms with van der Waals surface area (Å²) in [6.45, 7) is 1.09. The van der Waals surface area contributed by atoms with E-state index in [1.165, 1.54) is 0 Å². The largest absolute Gasteiger partial charge is 0.569 e. The Morgan fingerprint density at radius 1 is 0.638 bits per heavy atom. The van der Waals surface area contributed by atoms with Gasteiger partial charge in [0.15, 0.2) is 5.75 Å². The van der Waals surface area contributed by atoms with Crippen LogP contribution in [0.25, 0.3) is 10.8 Å². The topological polar surface area (TPSA) is 123 Å². The first-order valence-corrected chi connectivity index (χ1v) is 21.7. The van der Waals surface area contributed by atoms with Crippen LogP contribution in [0.2, 0.25) is 0 Å². The number of hydrogen-bond acceptors (Lipinski definition) is 8. The summed E-state index contributed by atoms with van der Waals surface area (Å²) in [5.74, 6) is 1.23. The molecule has 0 aliphatic rings. The van der Waals surface area contributed by atoms with Crippen molar-refractivity contribution in [2.75, 3.05) is 24.4 Å². The van der Waals surface area contributed by atoms with Gasteiger partial charge in [-0.05, 0) is 64.4 Å². The lowest BCUT2D eigenvalue weighted by Gasteiger charge is -2.17. The number of sulfonamides is 1. The molecule has 2 atom stereocenters. The molecule has 0 bridgehead atoms. The molecule has 0 amide bonds. The van der Waals surface area contributed by atoms with Crippen LogP contribution in [0.3, 0.4) is 0 Å². The highest BCUT2D eigenvalue weighted by Crippen LogP contribution is 2.47. The van der Waals surface area contributed by atoms with Crippen LogP contribution < -0.4 is 24.0 Å². The van der Waals surface area contributed by atoms with Gasteiger partial charge in [-0.2, -0.15) is 0 Å². The monoisotopic (exact) mass is 811 g/mol. The summed E-state index contributed by atoms with van der Waals surface area (Å²) < 4.78 is 61.8. The fourth-order valence-corrected chi connectivity index (χ4v) is 9.06. The van der Waals surface area contributed by atoms with Crippen molar-refractivity contribution < 1.29 is 32.1 Å². The highest BCUT2D eigenvalue weighted by atomic mass is 32.2. The number of aliphatic hydroxyl groups is 1. The smallest absolute Gasteiger partial charge is 0.491 e. The molecule has 11 heteroatoms. The number of benzene rings is 7. The summed E-state index contributed by atoms with van der Waals surface area (Å²) >= 11 is 0. The van der Waals surface area contributed by atoms with Crippen LogP contribution in [-0.2, 0) is 27.6 Å². The van der Waals surface area contributed by atoms with E-state index in [-0.39, 0.29) is 30.3 Å². The minimum absolute atomic E-state index is 0.0239. The van der Waals surface area contributed by atoms with Gasteiger partial charge < -0.3 is 19.9 Å². The van der Waals surface area contributed by atoms with Gasteiger partial charge in [-0.1, -0.05) is 140 Å². The van der Waals surface area contributed by atoms with Crippen LogP contribution in [0, 0.1) is 0 Å². The number of fused-ring (bicyclic) bond motifs is 1. The molecule has 7 aromatic carbocycles. The number of nitrogens with one attached hydrogen (secondary N) is 2. The molecule has 0 fully saturated rings. The summed E-state index contributed by atoms with van der Waals surface area (Å²) in [6, 6.07) is 54.0. The van der Waals surface area contributed by atoms with Crippen LogP contribution in [0.5, 0.6) is 17.2 Å². The van der Waals surface area contributed by atoms with Gasteiger partial charge in [0.25, 0.3) is 10.0 Å². The number of hydrogen-bond donors (Lipinski definition) is 3. The summed E-state index contributed by atoms with van der Waals surface area (Å²) in [7, 11) is -6.13. The SMILES string of the molecule is O=[P+](Oc1ccc(CCNC[C@H](O)COc2ccc(OCc3ccccc3)c(NS(=O)(=O)c3cccc4ccccc34)c2)cc1)C(c1ccccc1)c1ccccc1. The summed E-state index contributed by atoms with van der Waals surface area (Å²) in [4.78, 5) is 0.143. The lowest BCUT2D eigenvalue weighted by molar-refractivity contribution is 0.106. The van der Waals surface area contributed by atoms with E-state index in [4.69, 9.17) is 14.0 Å². The van der Waals surface area contributed by atoms with Gasteiger partial charge in [0, 0.05) is 29.1 Å².